The van der Waals surface area contributed by atoms with Crippen LogP contribution >= 0.6 is 0 Å². The molecular formula is C22H29N3O5. The number of amides is 1. The van der Waals surface area contributed by atoms with Gasteiger partial charge in [-0.2, -0.15) is 0 Å². The Labute approximate surface area is 176 Å². The summed E-state index contributed by atoms with van der Waals surface area (Å²) in [5, 5.41) is 12.1. The van der Waals surface area contributed by atoms with E-state index in [0.29, 0.717) is 43.2 Å². The molecule has 5 rings (SSSR count). The van der Waals surface area contributed by atoms with Crippen LogP contribution < -0.4 is 15.2 Å². The molecule has 2 bridgehead atoms. The molecule has 3 N–H and O–H groups in total. The first-order valence-electron chi connectivity index (χ1n) is 10.5. The molecule has 162 valence electrons. The summed E-state index contributed by atoms with van der Waals surface area (Å²) < 4.78 is 17.8. The monoisotopic (exact) mass is 415 g/mol. The molecule has 1 aromatic carbocycles. The lowest BCUT2D eigenvalue weighted by atomic mass is 9.50. The maximum atomic E-state index is 12.6. The maximum absolute atomic E-state index is 12.6. The zero-order valence-electron chi connectivity index (χ0n) is 17.7. The number of hydrogen-bond donors (Lipinski definition) is 2. The second-order valence-corrected chi connectivity index (χ2v) is 8.86. The van der Waals surface area contributed by atoms with E-state index in [4.69, 9.17) is 19.9 Å². The number of benzene rings is 1. The number of hydrogen-bond acceptors (Lipinski definition) is 7. The fourth-order valence-electron chi connectivity index (χ4n) is 6.05. The number of aliphatic hydroxyl groups is 1. The lowest BCUT2D eigenvalue weighted by molar-refractivity contribution is -0.163. The first kappa shape index (κ1) is 19.7. The molecule has 1 saturated heterocycles. The number of piperidine rings is 1. The average molecular weight is 415 g/mol. The van der Waals surface area contributed by atoms with E-state index in [-0.39, 0.29) is 6.04 Å². The molecule has 0 radical (unpaired) electrons. The predicted molar refractivity (Wildman–Crippen MR) is 110 cm³/mol. The largest absolute Gasteiger partial charge is 0.493 e. The quantitative estimate of drug-likeness (QED) is 0.757. The van der Waals surface area contributed by atoms with Crippen LogP contribution in [0.5, 0.6) is 11.5 Å². The van der Waals surface area contributed by atoms with Crippen LogP contribution in [0.15, 0.2) is 24.0 Å². The van der Waals surface area contributed by atoms with Crippen LogP contribution in [-0.2, 0) is 16.6 Å². The fraction of sp³-hybridized carbons (Fsp3) is 0.591. The summed E-state index contributed by atoms with van der Waals surface area (Å²) in [5.41, 5.74) is 6.09. The van der Waals surface area contributed by atoms with Gasteiger partial charge in [0.25, 0.3) is 0 Å². The van der Waals surface area contributed by atoms with Gasteiger partial charge in [0.2, 0.25) is 0 Å². The third-order valence-electron chi connectivity index (χ3n) is 7.54. The van der Waals surface area contributed by atoms with E-state index >= 15 is 0 Å². The van der Waals surface area contributed by atoms with Crippen LogP contribution in [0.25, 0.3) is 0 Å². The standard InChI is InChI=1S/C22H29N3O5/c1-24-10-8-21-17-13-4-5-14(28-3)18(17)30-19(21)15(29-20(26)25(2)11-9-23)6-7-22(21,27)16(24)12-13/h4-6,16,19,27H,7-12,23H2,1-3H3. The SMILES string of the molecule is COc1ccc2c3c1OC1C(OC(=O)N(C)CCN)=CCC4(O)C(C2)N(C)CCC314. The second kappa shape index (κ2) is 6.60. The van der Waals surface area contributed by atoms with Gasteiger partial charge in [0.05, 0.1) is 18.1 Å². The van der Waals surface area contributed by atoms with E-state index in [2.05, 4.69) is 18.0 Å². The maximum Gasteiger partial charge on any atom is 0.414 e. The van der Waals surface area contributed by atoms with Gasteiger partial charge in [-0.25, -0.2) is 4.79 Å². The number of likely N-dealkylation sites (N-methyl/N-ethyl adjacent to an activating group) is 2. The summed E-state index contributed by atoms with van der Waals surface area (Å²) in [5.74, 6) is 1.77. The summed E-state index contributed by atoms with van der Waals surface area (Å²) in [6.07, 6.45) is 2.64. The minimum Gasteiger partial charge on any atom is -0.493 e. The number of ether oxygens (including phenoxy) is 3. The molecule has 2 aliphatic heterocycles. The topological polar surface area (TPSA) is 97.5 Å². The van der Waals surface area contributed by atoms with E-state index < -0.39 is 23.2 Å². The van der Waals surface area contributed by atoms with Crippen molar-refractivity contribution in [2.45, 2.75) is 42.4 Å². The van der Waals surface area contributed by atoms with Gasteiger partial charge in [-0.05, 0) is 44.1 Å². The predicted octanol–water partition coefficient (Wildman–Crippen LogP) is 1.00. The van der Waals surface area contributed by atoms with Crippen molar-refractivity contribution in [1.82, 2.24) is 9.80 Å². The Hall–Kier alpha value is -2.29. The first-order valence-corrected chi connectivity index (χ1v) is 10.5. The molecule has 0 saturated carbocycles. The molecular weight excluding hydrogens is 386 g/mol. The lowest BCUT2D eigenvalue weighted by Gasteiger charge is -2.61. The van der Waals surface area contributed by atoms with Gasteiger partial charge in [-0.1, -0.05) is 6.07 Å². The molecule has 1 aromatic rings. The van der Waals surface area contributed by atoms with E-state index in [0.717, 1.165) is 18.5 Å². The number of likely N-dealkylation sites (tertiary alicyclic amines) is 1. The normalized spacial score (nSPS) is 33.3. The number of nitrogens with zero attached hydrogens (tertiary/aromatic N) is 2. The molecule has 4 aliphatic rings. The van der Waals surface area contributed by atoms with Crippen molar-refractivity contribution in [3.63, 3.8) is 0 Å². The summed E-state index contributed by atoms with van der Waals surface area (Å²) in [6, 6.07) is 3.97. The highest BCUT2D eigenvalue weighted by Gasteiger charge is 2.72. The van der Waals surface area contributed by atoms with Crippen LogP contribution in [0.3, 0.4) is 0 Å². The minimum absolute atomic E-state index is 0.0300. The molecule has 0 aromatic heterocycles. The Bertz CT molecular complexity index is 934. The highest BCUT2D eigenvalue weighted by atomic mass is 16.6. The number of carbonyl (C=O) groups excluding carboxylic acids is 1. The molecule has 2 aliphatic carbocycles. The summed E-state index contributed by atoms with van der Waals surface area (Å²) in [7, 11) is 5.34. The Balaban J connectivity index is 1.64. The molecule has 4 atom stereocenters. The first-order chi connectivity index (χ1) is 14.4. The highest BCUT2D eigenvalue weighted by Crippen LogP contribution is 2.65. The minimum atomic E-state index is -1.01. The number of rotatable bonds is 4. The van der Waals surface area contributed by atoms with Gasteiger partial charge in [-0.3, -0.25) is 0 Å². The molecule has 1 spiro atoms. The Morgan fingerprint density at radius 1 is 1.47 bits per heavy atom. The van der Waals surface area contributed by atoms with E-state index in [1.807, 2.05) is 12.1 Å². The van der Waals surface area contributed by atoms with Crippen molar-refractivity contribution < 1.29 is 24.1 Å². The number of nitrogens with two attached hydrogens (primary N) is 1. The zero-order valence-corrected chi connectivity index (χ0v) is 17.7. The van der Waals surface area contributed by atoms with Crippen molar-refractivity contribution in [3.05, 3.63) is 35.1 Å². The van der Waals surface area contributed by atoms with Gasteiger partial charge in [0.1, 0.15) is 5.76 Å². The lowest BCUT2D eigenvalue weighted by Crippen LogP contribution is -2.74. The second-order valence-electron chi connectivity index (χ2n) is 8.86. The number of methoxy groups -OCH3 is 1. The van der Waals surface area contributed by atoms with Gasteiger partial charge >= 0.3 is 6.09 Å². The molecule has 30 heavy (non-hydrogen) atoms. The van der Waals surface area contributed by atoms with Crippen molar-refractivity contribution >= 4 is 6.09 Å². The fourth-order valence-corrected chi connectivity index (χ4v) is 6.05. The van der Waals surface area contributed by atoms with Crippen molar-refractivity contribution in [2.24, 2.45) is 5.73 Å². The summed E-state index contributed by atoms with van der Waals surface area (Å²) >= 11 is 0. The number of carbonyl (C=O) groups is 1. The van der Waals surface area contributed by atoms with Crippen LogP contribution in [0.4, 0.5) is 4.79 Å². The van der Waals surface area contributed by atoms with E-state index in [1.165, 1.54) is 10.5 Å². The van der Waals surface area contributed by atoms with Crippen LogP contribution in [-0.4, -0.2) is 79.6 Å². The van der Waals surface area contributed by atoms with Crippen LogP contribution in [0.2, 0.25) is 0 Å². The Morgan fingerprint density at radius 3 is 3.00 bits per heavy atom. The van der Waals surface area contributed by atoms with Crippen molar-refractivity contribution in [1.29, 1.82) is 0 Å². The van der Waals surface area contributed by atoms with Crippen LogP contribution in [0, 0.1) is 0 Å². The molecule has 4 unspecified atom stereocenters. The molecule has 1 amide bonds. The molecule has 2 heterocycles. The van der Waals surface area contributed by atoms with Crippen LogP contribution in [0.1, 0.15) is 24.0 Å². The smallest absolute Gasteiger partial charge is 0.414 e. The summed E-state index contributed by atoms with van der Waals surface area (Å²) in [6.45, 7) is 1.59. The Morgan fingerprint density at radius 2 is 2.27 bits per heavy atom. The third kappa shape index (κ3) is 2.29. The van der Waals surface area contributed by atoms with Gasteiger partial charge in [-0.15, -0.1) is 0 Å². The van der Waals surface area contributed by atoms with E-state index in [1.54, 1.807) is 14.2 Å². The van der Waals surface area contributed by atoms with Crippen molar-refractivity contribution in [2.75, 3.05) is 40.8 Å². The Kier molecular flexibility index (Phi) is 4.33. The third-order valence-corrected chi connectivity index (χ3v) is 7.54. The molecule has 8 nitrogen and oxygen atoms in total. The van der Waals surface area contributed by atoms with E-state index in [9.17, 15) is 9.90 Å². The molecule has 8 heteroatoms. The highest BCUT2D eigenvalue weighted by molar-refractivity contribution is 5.70. The van der Waals surface area contributed by atoms with Gasteiger partial charge < -0.3 is 34.9 Å². The van der Waals surface area contributed by atoms with Gasteiger partial charge in [0, 0.05) is 38.2 Å². The summed E-state index contributed by atoms with van der Waals surface area (Å²) in [4.78, 5) is 16.3. The average Bonchev–Trinajstić information content (AvgIpc) is 3.08. The van der Waals surface area contributed by atoms with Crippen molar-refractivity contribution in [3.8, 4) is 11.5 Å². The zero-order chi connectivity index (χ0) is 21.3. The van der Waals surface area contributed by atoms with Gasteiger partial charge in [0.15, 0.2) is 17.6 Å². The molecule has 1 fully saturated rings.